The van der Waals surface area contributed by atoms with Gasteiger partial charge in [-0.1, -0.05) is 19.1 Å². The van der Waals surface area contributed by atoms with Gasteiger partial charge in [-0.05, 0) is 43.4 Å². The molecule has 0 aliphatic heterocycles. The van der Waals surface area contributed by atoms with Crippen LogP contribution in [0.5, 0.6) is 5.75 Å². The van der Waals surface area contributed by atoms with Gasteiger partial charge in [0, 0.05) is 13.6 Å². The maximum absolute atomic E-state index is 13.6. The second-order valence-corrected chi connectivity index (χ2v) is 6.14. The van der Waals surface area contributed by atoms with Crippen molar-refractivity contribution in [2.45, 2.75) is 32.3 Å². The first-order chi connectivity index (χ1) is 11.2. The van der Waals surface area contributed by atoms with Crippen molar-refractivity contribution in [1.82, 2.24) is 10.6 Å². The van der Waals surface area contributed by atoms with Crippen LogP contribution in [0.15, 0.2) is 29.3 Å². The minimum atomic E-state index is -0.331. The van der Waals surface area contributed by atoms with Gasteiger partial charge in [0.2, 0.25) is 0 Å². The number of hydrogen-bond donors (Lipinski definition) is 2. The van der Waals surface area contributed by atoms with Crippen molar-refractivity contribution in [2.75, 3.05) is 32.1 Å². The number of benzene rings is 1. The zero-order chi connectivity index (χ0) is 16.9. The molecule has 23 heavy (non-hydrogen) atoms. The van der Waals surface area contributed by atoms with E-state index in [1.807, 2.05) is 18.7 Å². The number of unbranched alkanes of at least 4 members (excludes halogenated alkanes) is 1. The smallest absolute Gasteiger partial charge is 0.191 e. The quantitative estimate of drug-likeness (QED) is 0.389. The van der Waals surface area contributed by atoms with Gasteiger partial charge in [-0.2, -0.15) is 11.8 Å². The van der Waals surface area contributed by atoms with Gasteiger partial charge in [-0.3, -0.25) is 4.99 Å². The zero-order valence-electron chi connectivity index (χ0n) is 14.3. The Kier molecular flexibility index (Phi) is 10.3. The predicted molar refractivity (Wildman–Crippen MR) is 98.1 cm³/mol. The van der Waals surface area contributed by atoms with Gasteiger partial charge < -0.3 is 15.4 Å². The summed E-state index contributed by atoms with van der Waals surface area (Å²) in [6.07, 6.45) is 5.10. The Morgan fingerprint density at radius 1 is 1.30 bits per heavy atom. The van der Waals surface area contributed by atoms with Crippen LogP contribution < -0.4 is 15.4 Å². The number of hydrogen-bond acceptors (Lipinski definition) is 3. The average molecular weight is 341 g/mol. The largest absolute Gasteiger partial charge is 0.486 e. The van der Waals surface area contributed by atoms with Gasteiger partial charge in [0.15, 0.2) is 17.5 Å². The van der Waals surface area contributed by atoms with Crippen molar-refractivity contribution in [3.63, 3.8) is 0 Å². The van der Waals surface area contributed by atoms with E-state index in [9.17, 15) is 4.39 Å². The van der Waals surface area contributed by atoms with Crippen LogP contribution in [0, 0.1) is 5.82 Å². The minimum absolute atomic E-state index is 0.109. The molecular formula is C17H28FN3OS. The molecule has 0 heterocycles. The number of ether oxygens (including phenoxy) is 1. The summed E-state index contributed by atoms with van der Waals surface area (Å²) >= 11 is 1.86. The van der Waals surface area contributed by atoms with E-state index in [-0.39, 0.29) is 11.9 Å². The predicted octanol–water partition coefficient (Wildman–Crippen LogP) is 3.29. The number of nitrogens with zero attached hydrogens (tertiary/aromatic N) is 1. The monoisotopic (exact) mass is 341 g/mol. The van der Waals surface area contributed by atoms with Gasteiger partial charge in [-0.25, -0.2) is 4.39 Å². The molecule has 0 aliphatic rings. The van der Waals surface area contributed by atoms with E-state index in [4.69, 9.17) is 4.74 Å². The fourth-order valence-electron chi connectivity index (χ4n) is 2.00. The standard InChI is InChI=1S/C17H28FN3OS/c1-4-14(22-16-10-6-5-9-15(16)18)13-21-17(19-2)20-11-7-8-12-23-3/h5-6,9-10,14H,4,7-8,11-13H2,1-3H3,(H2,19,20,21). The maximum atomic E-state index is 13.6. The molecule has 2 N–H and O–H groups in total. The first kappa shape index (κ1) is 19.6. The Hall–Kier alpha value is -1.43. The van der Waals surface area contributed by atoms with Crippen LogP contribution >= 0.6 is 11.8 Å². The normalized spacial score (nSPS) is 12.8. The molecule has 1 aromatic carbocycles. The van der Waals surface area contributed by atoms with E-state index < -0.39 is 0 Å². The molecule has 0 radical (unpaired) electrons. The highest BCUT2D eigenvalue weighted by Crippen LogP contribution is 2.17. The lowest BCUT2D eigenvalue weighted by Crippen LogP contribution is -2.42. The van der Waals surface area contributed by atoms with Gasteiger partial charge in [0.05, 0.1) is 6.54 Å². The first-order valence-electron chi connectivity index (χ1n) is 8.05. The third-order valence-electron chi connectivity index (χ3n) is 3.37. The molecule has 1 atom stereocenters. The van der Waals surface area contributed by atoms with Crippen molar-refractivity contribution in [3.05, 3.63) is 30.1 Å². The number of thioether (sulfide) groups is 1. The molecule has 130 valence electrons. The molecule has 0 bridgehead atoms. The van der Waals surface area contributed by atoms with Crippen LogP contribution in [0.4, 0.5) is 4.39 Å². The highest BCUT2D eigenvalue weighted by Gasteiger charge is 2.11. The maximum Gasteiger partial charge on any atom is 0.191 e. The summed E-state index contributed by atoms with van der Waals surface area (Å²) in [5.41, 5.74) is 0. The molecule has 4 nitrogen and oxygen atoms in total. The Morgan fingerprint density at radius 2 is 2.09 bits per heavy atom. The highest BCUT2D eigenvalue weighted by atomic mass is 32.2. The summed E-state index contributed by atoms with van der Waals surface area (Å²) in [5.74, 6) is 1.90. The Balaban J connectivity index is 2.35. The number of aliphatic imine (C=N–C) groups is 1. The number of para-hydroxylation sites is 1. The summed E-state index contributed by atoms with van der Waals surface area (Å²) in [4.78, 5) is 4.20. The Bertz CT molecular complexity index is 471. The second-order valence-electron chi connectivity index (χ2n) is 5.16. The molecule has 1 rings (SSSR count). The average Bonchev–Trinajstić information content (AvgIpc) is 2.57. The molecule has 0 aromatic heterocycles. The number of nitrogens with one attached hydrogen (secondary N) is 2. The van der Waals surface area contributed by atoms with Crippen LogP contribution in [0.1, 0.15) is 26.2 Å². The summed E-state index contributed by atoms with van der Waals surface area (Å²) in [5, 5.41) is 6.52. The first-order valence-corrected chi connectivity index (χ1v) is 9.45. The highest BCUT2D eigenvalue weighted by molar-refractivity contribution is 7.98. The van der Waals surface area contributed by atoms with Gasteiger partial charge in [-0.15, -0.1) is 0 Å². The van der Waals surface area contributed by atoms with Gasteiger partial charge >= 0.3 is 0 Å². The van der Waals surface area contributed by atoms with E-state index in [0.717, 1.165) is 25.3 Å². The molecule has 1 aromatic rings. The Morgan fingerprint density at radius 3 is 2.74 bits per heavy atom. The van der Waals surface area contributed by atoms with Crippen molar-refractivity contribution in [1.29, 1.82) is 0 Å². The van der Waals surface area contributed by atoms with E-state index >= 15 is 0 Å². The molecule has 1 unspecified atom stereocenters. The van der Waals surface area contributed by atoms with Crippen LogP contribution in [0.25, 0.3) is 0 Å². The third-order valence-corrected chi connectivity index (χ3v) is 4.07. The number of halogens is 1. The zero-order valence-corrected chi connectivity index (χ0v) is 15.1. The van der Waals surface area contributed by atoms with Crippen molar-refractivity contribution in [2.24, 2.45) is 4.99 Å². The molecule has 6 heteroatoms. The van der Waals surface area contributed by atoms with Crippen LogP contribution in [-0.2, 0) is 0 Å². The topological polar surface area (TPSA) is 45.7 Å². The summed E-state index contributed by atoms with van der Waals surface area (Å²) < 4.78 is 19.4. The number of rotatable bonds is 10. The lowest BCUT2D eigenvalue weighted by Gasteiger charge is -2.20. The van der Waals surface area contributed by atoms with Crippen molar-refractivity contribution >= 4 is 17.7 Å². The van der Waals surface area contributed by atoms with E-state index in [2.05, 4.69) is 21.9 Å². The summed E-state index contributed by atoms with van der Waals surface area (Å²) in [6.45, 7) is 3.49. The third kappa shape index (κ3) is 8.11. The van der Waals surface area contributed by atoms with Crippen LogP contribution in [0.3, 0.4) is 0 Å². The molecule has 0 saturated heterocycles. The second kappa shape index (κ2) is 12.0. The fourth-order valence-corrected chi connectivity index (χ4v) is 2.49. The van der Waals surface area contributed by atoms with Crippen molar-refractivity contribution in [3.8, 4) is 5.75 Å². The molecule has 0 amide bonds. The Labute approximate surface area is 143 Å². The van der Waals surface area contributed by atoms with E-state index in [1.165, 1.54) is 18.2 Å². The summed E-state index contributed by atoms with van der Waals surface area (Å²) in [7, 11) is 1.75. The van der Waals surface area contributed by atoms with Crippen LogP contribution in [-0.4, -0.2) is 44.2 Å². The molecular weight excluding hydrogens is 313 g/mol. The van der Waals surface area contributed by atoms with Gasteiger partial charge in [0.1, 0.15) is 6.10 Å². The fraction of sp³-hybridized carbons (Fsp3) is 0.588. The molecule has 0 spiro atoms. The SMILES string of the molecule is CCC(CNC(=NC)NCCCCSC)Oc1ccccc1F. The van der Waals surface area contributed by atoms with Gasteiger partial charge in [0.25, 0.3) is 0 Å². The molecule has 0 fully saturated rings. The lowest BCUT2D eigenvalue weighted by molar-refractivity contribution is 0.191. The number of guanidine groups is 1. The summed E-state index contributed by atoms with van der Waals surface area (Å²) in [6, 6.07) is 6.49. The minimum Gasteiger partial charge on any atom is -0.486 e. The van der Waals surface area contributed by atoms with E-state index in [1.54, 1.807) is 25.2 Å². The molecule has 0 aliphatic carbocycles. The van der Waals surface area contributed by atoms with Crippen molar-refractivity contribution < 1.29 is 9.13 Å². The molecule has 0 saturated carbocycles. The van der Waals surface area contributed by atoms with E-state index in [0.29, 0.717) is 12.3 Å². The lowest BCUT2D eigenvalue weighted by atomic mass is 10.2. The van der Waals surface area contributed by atoms with Crippen LogP contribution in [0.2, 0.25) is 0 Å².